The van der Waals surface area contributed by atoms with Crippen LogP contribution in [0.2, 0.25) is 0 Å². The lowest BCUT2D eigenvalue weighted by Gasteiger charge is -2.27. The Kier molecular flexibility index (Phi) is 5.01. The number of ether oxygens (including phenoxy) is 1. The Labute approximate surface area is 120 Å². The van der Waals surface area contributed by atoms with Crippen LogP contribution in [0.3, 0.4) is 0 Å². The molecule has 0 radical (unpaired) electrons. The van der Waals surface area contributed by atoms with Gasteiger partial charge < -0.3 is 14.7 Å². The third kappa shape index (κ3) is 3.12. The molecule has 1 unspecified atom stereocenters. The number of nitrogens with zero attached hydrogens (tertiary/aromatic N) is 1. The lowest BCUT2D eigenvalue weighted by atomic mass is 9.97. The van der Waals surface area contributed by atoms with E-state index in [4.69, 9.17) is 4.74 Å². The quantitative estimate of drug-likeness (QED) is 0.831. The van der Waals surface area contributed by atoms with Gasteiger partial charge >= 0.3 is 0 Å². The van der Waals surface area contributed by atoms with Gasteiger partial charge in [-0.05, 0) is 25.3 Å². The van der Waals surface area contributed by atoms with E-state index in [2.05, 4.69) is 6.92 Å². The highest BCUT2D eigenvalue weighted by Crippen LogP contribution is 2.33. The molecule has 0 aliphatic heterocycles. The summed E-state index contributed by atoms with van der Waals surface area (Å²) in [6.45, 7) is 2.64. The van der Waals surface area contributed by atoms with E-state index in [1.165, 1.54) is 0 Å². The van der Waals surface area contributed by atoms with E-state index in [1.54, 1.807) is 7.11 Å². The molecule has 1 atom stereocenters. The van der Waals surface area contributed by atoms with Gasteiger partial charge in [0.2, 0.25) is 5.91 Å². The first-order valence-electron chi connectivity index (χ1n) is 7.27. The summed E-state index contributed by atoms with van der Waals surface area (Å²) in [5.74, 6) is 0.145. The van der Waals surface area contributed by atoms with Crippen LogP contribution in [0.15, 0.2) is 24.3 Å². The number of aliphatic hydroxyl groups is 1. The molecule has 1 aliphatic rings. The molecular formula is C16H23NO3. The van der Waals surface area contributed by atoms with Crippen LogP contribution in [-0.2, 0) is 4.79 Å². The van der Waals surface area contributed by atoms with Gasteiger partial charge in [0, 0.05) is 18.2 Å². The van der Waals surface area contributed by atoms with Gasteiger partial charge in [-0.2, -0.15) is 0 Å². The van der Waals surface area contributed by atoms with Crippen molar-refractivity contribution in [3.63, 3.8) is 0 Å². The normalized spacial score (nSPS) is 15.8. The summed E-state index contributed by atoms with van der Waals surface area (Å²) in [5, 5.41) is 9.69. The molecule has 1 aromatic carbocycles. The number of para-hydroxylation sites is 1. The summed E-state index contributed by atoms with van der Waals surface area (Å²) in [4.78, 5) is 14.6. The zero-order valence-corrected chi connectivity index (χ0v) is 12.2. The first kappa shape index (κ1) is 14.9. The largest absolute Gasteiger partial charge is 0.496 e. The van der Waals surface area contributed by atoms with Crippen molar-refractivity contribution in [2.24, 2.45) is 0 Å². The molecule has 0 spiro atoms. The van der Waals surface area contributed by atoms with E-state index in [1.807, 2.05) is 29.2 Å². The monoisotopic (exact) mass is 277 g/mol. The maximum absolute atomic E-state index is 12.7. The first-order chi connectivity index (χ1) is 9.72. The molecule has 110 valence electrons. The number of carbonyl (C=O) groups excluding carboxylic acids is 1. The maximum atomic E-state index is 12.7. The van der Waals surface area contributed by atoms with Crippen LogP contribution >= 0.6 is 0 Å². The number of methoxy groups -OCH3 is 1. The average molecular weight is 277 g/mol. The molecule has 1 aromatic rings. The second-order valence-corrected chi connectivity index (χ2v) is 5.24. The molecule has 0 aromatic heterocycles. The van der Waals surface area contributed by atoms with E-state index in [0.29, 0.717) is 11.8 Å². The van der Waals surface area contributed by atoms with Crippen molar-refractivity contribution in [3.05, 3.63) is 29.8 Å². The highest BCUT2D eigenvalue weighted by atomic mass is 16.5. The van der Waals surface area contributed by atoms with E-state index < -0.39 is 5.92 Å². The van der Waals surface area contributed by atoms with Crippen LogP contribution < -0.4 is 4.74 Å². The van der Waals surface area contributed by atoms with Gasteiger partial charge in [-0.25, -0.2) is 0 Å². The van der Waals surface area contributed by atoms with E-state index >= 15 is 0 Å². The first-order valence-corrected chi connectivity index (χ1v) is 7.27. The predicted molar refractivity (Wildman–Crippen MR) is 77.8 cm³/mol. The van der Waals surface area contributed by atoms with Gasteiger partial charge in [0.1, 0.15) is 5.75 Å². The van der Waals surface area contributed by atoms with E-state index in [0.717, 1.165) is 31.4 Å². The third-order valence-electron chi connectivity index (χ3n) is 3.73. The van der Waals surface area contributed by atoms with Crippen LogP contribution in [0.1, 0.15) is 37.7 Å². The van der Waals surface area contributed by atoms with Crippen LogP contribution in [0.4, 0.5) is 0 Å². The van der Waals surface area contributed by atoms with Crippen LogP contribution in [-0.4, -0.2) is 42.2 Å². The van der Waals surface area contributed by atoms with Crippen molar-refractivity contribution in [3.8, 4) is 5.75 Å². The number of aliphatic hydroxyl groups excluding tert-OH is 1. The number of benzene rings is 1. The number of hydrogen-bond acceptors (Lipinski definition) is 3. The molecule has 1 aliphatic carbocycles. The highest BCUT2D eigenvalue weighted by molar-refractivity contribution is 5.85. The van der Waals surface area contributed by atoms with Gasteiger partial charge in [0.05, 0.1) is 19.6 Å². The van der Waals surface area contributed by atoms with Crippen LogP contribution in [0.25, 0.3) is 0 Å². The summed E-state index contributed by atoms with van der Waals surface area (Å²) in [6.07, 6.45) is 3.10. The topological polar surface area (TPSA) is 49.8 Å². The molecule has 4 heteroatoms. The van der Waals surface area contributed by atoms with Gasteiger partial charge in [-0.3, -0.25) is 4.79 Å². The Hall–Kier alpha value is -1.55. The number of amides is 1. The van der Waals surface area contributed by atoms with Crippen molar-refractivity contribution in [2.75, 3.05) is 20.3 Å². The van der Waals surface area contributed by atoms with Crippen molar-refractivity contribution < 1.29 is 14.6 Å². The Morgan fingerprint density at radius 2 is 2.15 bits per heavy atom. The number of carbonyl (C=O) groups is 1. The van der Waals surface area contributed by atoms with Crippen molar-refractivity contribution in [2.45, 2.75) is 38.1 Å². The molecule has 0 bridgehead atoms. The van der Waals surface area contributed by atoms with E-state index in [9.17, 15) is 9.90 Å². The second kappa shape index (κ2) is 6.75. The predicted octanol–water partition coefficient (Wildman–Crippen LogP) is 2.17. The minimum absolute atomic E-state index is 0.0151. The number of hydrogen-bond donors (Lipinski definition) is 1. The van der Waals surface area contributed by atoms with Crippen molar-refractivity contribution in [1.29, 1.82) is 0 Å². The molecule has 1 amide bonds. The summed E-state index contributed by atoms with van der Waals surface area (Å²) in [7, 11) is 1.59. The zero-order chi connectivity index (χ0) is 14.5. The van der Waals surface area contributed by atoms with Gasteiger partial charge in [0.15, 0.2) is 0 Å². The third-order valence-corrected chi connectivity index (χ3v) is 3.73. The molecule has 0 heterocycles. The summed E-state index contributed by atoms with van der Waals surface area (Å²) in [6, 6.07) is 7.79. The van der Waals surface area contributed by atoms with Crippen molar-refractivity contribution >= 4 is 5.91 Å². The van der Waals surface area contributed by atoms with E-state index in [-0.39, 0.29) is 12.5 Å². The zero-order valence-electron chi connectivity index (χ0n) is 12.2. The highest BCUT2D eigenvalue weighted by Gasteiger charge is 2.36. The smallest absolute Gasteiger partial charge is 0.232 e. The molecule has 4 nitrogen and oxygen atoms in total. The molecule has 2 rings (SSSR count). The van der Waals surface area contributed by atoms with Gasteiger partial charge in [-0.15, -0.1) is 0 Å². The SMILES string of the molecule is CCCN(C(=O)C(CO)c1ccccc1OC)C1CC1. The summed E-state index contributed by atoms with van der Waals surface area (Å²) < 4.78 is 5.31. The van der Waals surface area contributed by atoms with Gasteiger partial charge in [0.25, 0.3) is 0 Å². The fourth-order valence-electron chi connectivity index (χ4n) is 2.56. The molecule has 1 saturated carbocycles. The average Bonchev–Trinajstić information content (AvgIpc) is 3.30. The fraction of sp³-hybridized carbons (Fsp3) is 0.562. The minimum atomic E-state index is -0.529. The molecule has 1 fully saturated rings. The standard InChI is InChI=1S/C16H23NO3/c1-3-10-17(12-8-9-12)16(19)14(11-18)13-6-4-5-7-15(13)20-2/h4-7,12,14,18H,3,8-11H2,1-2H3. The Morgan fingerprint density at radius 3 is 2.70 bits per heavy atom. The lowest BCUT2D eigenvalue weighted by Crippen LogP contribution is -2.38. The fourth-order valence-corrected chi connectivity index (χ4v) is 2.56. The molecule has 20 heavy (non-hydrogen) atoms. The minimum Gasteiger partial charge on any atom is -0.496 e. The van der Waals surface area contributed by atoms with Crippen LogP contribution in [0.5, 0.6) is 5.75 Å². The summed E-state index contributed by atoms with van der Waals surface area (Å²) >= 11 is 0. The maximum Gasteiger partial charge on any atom is 0.232 e. The number of rotatable bonds is 7. The molecular weight excluding hydrogens is 254 g/mol. The van der Waals surface area contributed by atoms with Gasteiger partial charge in [-0.1, -0.05) is 25.1 Å². The second-order valence-electron chi connectivity index (χ2n) is 5.24. The lowest BCUT2D eigenvalue weighted by molar-refractivity contribution is -0.134. The molecule has 0 saturated heterocycles. The Bertz CT molecular complexity index is 457. The summed E-state index contributed by atoms with van der Waals surface area (Å²) in [5.41, 5.74) is 0.768. The Balaban J connectivity index is 2.23. The Morgan fingerprint density at radius 1 is 1.45 bits per heavy atom. The van der Waals surface area contributed by atoms with Crippen LogP contribution in [0, 0.1) is 0 Å². The van der Waals surface area contributed by atoms with Crippen molar-refractivity contribution in [1.82, 2.24) is 4.90 Å². The molecule has 1 N–H and O–H groups in total.